The highest BCUT2D eigenvalue weighted by Crippen LogP contribution is 2.52. The van der Waals surface area contributed by atoms with Crippen LogP contribution in [0, 0.1) is 0 Å². The lowest BCUT2D eigenvalue weighted by Crippen LogP contribution is -2.47. The standard InChI is InChI=1S/C22H31N3O2/c1-17(26)24-9-7-22(8-10-24)16-18(19-5-3-4-6-20(19)22)15-21(27)25-13-11-23(2)12-14-25/h3-6,18H,7-16H2,1-2H3/t18-/m0/s1. The van der Waals surface area contributed by atoms with Crippen molar-refractivity contribution in [2.24, 2.45) is 0 Å². The van der Waals surface area contributed by atoms with Crippen LogP contribution in [0.3, 0.4) is 0 Å². The van der Waals surface area contributed by atoms with Gasteiger partial charge in [0.05, 0.1) is 0 Å². The van der Waals surface area contributed by atoms with Gasteiger partial charge in [-0.15, -0.1) is 0 Å². The minimum absolute atomic E-state index is 0.148. The molecule has 0 bridgehead atoms. The van der Waals surface area contributed by atoms with Crippen molar-refractivity contribution in [2.75, 3.05) is 46.3 Å². The molecule has 1 atom stereocenters. The lowest BCUT2D eigenvalue weighted by atomic mass is 9.73. The summed E-state index contributed by atoms with van der Waals surface area (Å²) in [5.41, 5.74) is 2.95. The van der Waals surface area contributed by atoms with Crippen molar-refractivity contribution in [3.63, 3.8) is 0 Å². The molecule has 4 rings (SSSR count). The van der Waals surface area contributed by atoms with E-state index >= 15 is 0 Å². The molecule has 0 aromatic heterocycles. The quantitative estimate of drug-likeness (QED) is 0.803. The Hall–Kier alpha value is -1.88. The van der Waals surface area contributed by atoms with Crippen molar-refractivity contribution in [3.8, 4) is 0 Å². The summed E-state index contributed by atoms with van der Waals surface area (Å²) in [6, 6.07) is 8.72. The smallest absolute Gasteiger partial charge is 0.223 e. The molecule has 0 radical (unpaired) electrons. The van der Waals surface area contributed by atoms with Crippen LogP contribution in [0.5, 0.6) is 0 Å². The van der Waals surface area contributed by atoms with E-state index in [1.165, 1.54) is 11.1 Å². The number of carbonyl (C=O) groups excluding carboxylic acids is 2. The normalized spacial score (nSPS) is 24.9. The number of likely N-dealkylation sites (N-methyl/N-ethyl adjacent to an activating group) is 1. The van der Waals surface area contributed by atoms with E-state index in [1.54, 1.807) is 6.92 Å². The molecular formula is C22H31N3O2. The molecule has 2 aliphatic heterocycles. The Bertz CT molecular complexity index is 716. The monoisotopic (exact) mass is 369 g/mol. The van der Waals surface area contributed by atoms with Crippen molar-refractivity contribution in [2.45, 2.75) is 43.9 Å². The molecule has 2 saturated heterocycles. The van der Waals surface area contributed by atoms with E-state index in [1.807, 2.05) is 9.80 Å². The molecule has 3 aliphatic rings. The van der Waals surface area contributed by atoms with Crippen LogP contribution in [0.15, 0.2) is 24.3 Å². The maximum Gasteiger partial charge on any atom is 0.223 e. The van der Waals surface area contributed by atoms with Crippen LogP contribution < -0.4 is 0 Å². The topological polar surface area (TPSA) is 43.9 Å². The number of fused-ring (bicyclic) bond motifs is 2. The van der Waals surface area contributed by atoms with Crippen LogP contribution in [0.25, 0.3) is 0 Å². The SMILES string of the molecule is CC(=O)N1CCC2(CC1)C[C@H](CC(=O)N1CCN(C)CC1)c1ccccc12. The zero-order chi connectivity index (χ0) is 19.0. The van der Waals surface area contributed by atoms with Gasteiger partial charge in [0.25, 0.3) is 0 Å². The van der Waals surface area contributed by atoms with Crippen LogP contribution in [-0.4, -0.2) is 72.8 Å². The second kappa shape index (κ2) is 7.27. The summed E-state index contributed by atoms with van der Waals surface area (Å²) in [6.45, 7) is 6.98. The fourth-order valence-corrected chi connectivity index (χ4v) is 5.33. The molecule has 0 unspecified atom stereocenters. The minimum Gasteiger partial charge on any atom is -0.343 e. The molecule has 0 N–H and O–H groups in total. The molecule has 1 spiro atoms. The molecule has 1 aromatic carbocycles. The van der Waals surface area contributed by atoms with Crippen LogP contribution in [0.2, 0.25) is 0 Å². The molecule has 2 amide bonds. The molecule has 1 aromatic rings. The highest BCUT2D eigenvalue weighted by atomic mass is 16.2. The first kappa shape index (κ1) is 18.5. The summed E-state index contributed by atoms with van der Waals surface area (Å²) in [7, 11) is 2.12. The number of amides is 2. The lowest BCUT2D eigenvalue weighted by Gasteiger charge is -2.40. The molecule has 2 heterocycles. The van der Waals surface area contributed by atoms with Crippen LogP contribution >= 0.6 is 0 Å². The predicted molar refractivity (Wildman–Crippen MR) is 106 cm³/mol. The van der Waals surface area contributed by atoms with Crippen molar-refractivity contribution < 1.29 is 9.59 Å². The van der Waals surface area contributed by atoms with Gasteiger partial charge in [0.1, 0.15) is 0 Å². The first-order chi connectivity index (χ1) is 13.0. The van der Waals surface area contributed by atoms with Crippen molar-refractivity contribution in [3.05, 3.63) is 35.4 Å². The van der Waals surface area contributed by atoms with E-state index in [9.17, 15) is 9.59 Å². The molecule has 5 nitrogen and oxygen atoms in total. The predicted octanol–water partition coefficient (Wildman–Crippen LogP) is 2.22. The van der Waals surface area contributed by atoms with Crippen LogP contribution in [0.4, 0.5) is 0 Å². The zero-order valence-electron chi connectivity index (χ0n) is 16.6. The number of rotatable bonds is 2. The number of piperazine rings is 1. The average Bonchev–Trinajstić information content (AvgIpc) is 2.96. The number of likely N-dealkylation sites (tertiary alicyclic amines) is 1. The number of nitrogens with zero attached hydrogens (tertiary/aromatic N) is 3. The third kappa shape index (κ3) is 3.49. The summed E-state index contributed by atoms with van der Waals surface area (Å²) in [4.78, 5) is 31.0. The van der Waals surface area contributed by atoms with Crippen molar-refractivity contribution in [1.82, 2.24) is 14.7 Å². The van der Waals surface area contributed by atoms with Gasteiger partial charge in [0, 0.05) is 52.6 Å². The Balaban J connectivity index is 1.49. The van der Waals surface area contributed by atoms with Gasteiger partial charge in [-0.05, 0) is 48.8 Å². The molecule has 1 aliphatic carbocycles. The van der Waals surface area contributed by atoms with Gasteiger partial charge in [-0.25, -0.2) is 0 Å². The van der Waals surface area contributed by atoms with Gasteiger partial charge in [-0.3, -0.25) is 9.59 Å². The van der Waals surface area contributed by atoms with Gasteiger partial charge in [0.2, 0.25) is 11.8 Å². The third-order valence-corrected chi connectivity index (χ3v) is 7.05. The van der Waals surface area contributed by atoms with E-state index in [4.69, 9.17) is 0 Å². The number of piperidine rings is 1. The third-order valence-electron chi connectivity index (χ3n) is 7.05. The van der Waals surface area contributed by atoms with Crippen molar-refractivity contribution >= 4 is 11.8 Å². The molecule has 5 heteroatoms. The Morgan fingerprint density at radius 2 is 1.67 bits per heavy atom. The van der Waals surface area contributed by atoms with E-state index in [0.717, 1.165) is 58.5 Å². The summed E-state index contributed by atoms with van der Waals surface area (Å²) < 4.78 is 0. The fourth-order valence-electron chi connectivity index (χ4n) is 5.33. The van der Waals surface area contributed by atoms with Crippen molar-refractivity contribution in [1.29, 1.82) is 0 Å². The molecular weight excluding hydrogens is 338 g/mol. The second-order valence-electron chi connectivity index (χ2n) is 8.66. The first-order valence-electron chi connectivity index (χ1n) is 10.3. The maximum absolute atomic E-state index is 12.9. The van der Waals surface area contributed by atoms with Gasteiger partial charge in [-0.1, -0.05) is 24.3 Å². The number of carbonyl (C=O) groups is 2. The Morgan fingerprint density at radius 3 is 2.33 bits per heavy atom. The average molecular weight is 370 g/mol. The summed E-state index contributed by atoms with van der Waals surface area (Å²) in [5, 5.41) is 0. The first-order valence-corrected chi connectivity index (χ1v) is 10.3. The maximum atomic E-state index is 12.9. The summed E-state index contributed by atoms with van der Waals surface area (Å²) >= 11 is 0. The minimum atomic E-state index is 0.148. The van der Waals surface area contributed by atoms with Crippen LogP contribution in [0.1, 0.15) is 49.7 Å². The summed E-state index contributed by atoms with van der Waals surface area (Å²) in [5.74, 6) is 0.802. The Kier molecular flexibility index (Phi) is 4.97. The van der Waals surface area contributed by atoms with Gasteiger partial charge >= 0.3 is 0 Å². The highest BCUT2D eigenvalue weighted by molar-refractivity contribution is 5.78. The molecule has 0 saturated carbocycles. The zero-order valence-corrected chi connectivity index (χ0v) is 16.6. The van der Waals surface area contributed by atoms with E-state index in [-0.39, 0.29) is 11.3 Å². The molecule has 2 fully saturated rings. The Morgan fingerprint density at radius 1 is 1.00 bits per heavy atom. The van der Waals surface area contributed by atoms with Gasteiger partial charge < -0.3 is 14.7 Å². The lowest BCUT2D eigenvalue weighted by molar-refractivity contribution is -0.133. The highest BCUT2D eigenvalue weighted by Gasteiger charge is 2.46. The van der Waals surface area contributed by atoms with Gasteiger partial charge in [0.15, 0.2) is 0 Å². The van der Waals surface area contributed by atoms with E-state index in [2.05, 4.69) is 36.2 Å². The largest absolute Gasteiger partial charge is 0.343 e. The Labute approximate surface area is 162 Å². The fraction of sp³-hybridized carbons (Fsp3) is 0.636. The number of hydrogen-bond acceptors (Lipinski definition) is 3. The van der Waals surface area contributed by atoms with Gasteiger partial charge in [-0.2, -0.15) is 0 Å². The molecule has 146 valence electrons. The van der Waals surface area contributed by atoms with Crippen LogP contribution in [-0.2, 0) is 15.0 Å². The van der Waals surface area contributed by atoms with E-state index in [0.29, 0.717) is 18.2 Å². The summed E-state index contributed by atoms with van der Waals surface area (Å²) in [6.07, 6.45) is 3.71. The van der Waals surface area contributed by atoms with E-state index < -0.39 is 0 Å². The number of benzene rings is 1. The second-order valence-corrected chi connectivity index (χ2v) is 8.66. The number of hydrogen-bond donors (Lipinski definition) is 0. The molecule has 27 heavy (non-hydrogen) atoms.